The van der Waals surface area contributed by atoms with E-state index in [0.717, 1.165) is 29.2 Å². The van der Waals surface area contributed by atoms with Gasteiger partial charge in [-0.25, -0.2) is 9.97 Å². The summed E-state index contributed by atoms with van der Waals surface area (Å²) >= 11 is 11.3. The normalized spacial score (nSPS) is 11.2. The predicted molar refractivity (Wildman–Crippen MR) is 130 cm³/mol. The van der Waals surface area contributed by atoms with Crippen LogP contribution < -0.4 is 11.1 Å². The molecule has 34 heavy (non-hydrogen) atoms. The highest BCUT2D eigenvalue weighted by atomic mass is 35.5. The van der Waals surface area contributed by atoms with Gasteiger partial charge < -0.3 is 11.1 Å². The number of benzene rings is 1. The van der Waals surface area contributed by atoms with Crippen LogP contribution in [0.15, 0.2) is 90.8 Å². The lowest BCUT2D eigenvalue weighted by molar-refractivity contribution is -0.403. The van der Waals surface area contributed by atoms with Gasteiger partial charge in [0.1, 0.15) is 10.3 Å². The van der Waals surface area contributed by atoms with E-state index < -0.39 is 9.85 Å². The Labute approximate surface area is 205 Å². The van der Waals surface area contributed by atoms with Crippen molar-refractivity contribution in [2.24, 2.45) is 5.73 Å². The maximum absolute atomic E-state index is 10.7. The predicted octanol–water partition coefficient (Wildman–Crippen LogP) is 4.86. The number of rotatable bonds is 8. The Kier molecular flexibility index (Phi) is 10.4. The summed E-state index contributed by atoms with van der Waals surface area (Å²) in [4.78, 5) is 27.5. The number of hydrogen-bond acceptors (Lipinski definition) is 8. The maximum Gasteiger partial charge on any atom is 0.253 e. The average molecular weight is 503 g/mol. The largest absolute Gasteiger partial charge is 0.397 e. The molecule has 0 fully saturated rings. The van der Waals surface area contributed by atoms with E-state index in [0.29, 0.717) is 28.8 Å². The van der Waals surface area contributed by atoms with Crippen molar-refractivity contribution in [1.29, 1.82) is 0 Å². The van der Waals surface area contributed by atoms with Crippen molar-refractivity contribution >= 4 is 28.9 Å². The monoisotopic (exact) mass is 502 g/mol. The number of nitrogens with one attached hydrogen (secondary N) is 1. The topological polar surface area (TPSA) is 150 Å². The van der Waals surface area contributed by atoms with Crippen molar-refractivity contribution in [2.45, 2.75) is 12.8 Å². The van der Waals surface area contributed by atoms with Crippen molar-refractivity contribution < 1.29 is 9.85 Å². The Balaban J connectivity index is 0.000000257. The molecule has 0 aliphatic carbocycles. The second kappa shape index (κ2) is 13.5. The average Bonchev–Trinajstić information content (AvgIpc) is 2.77. The quantitative estimate of drug-likeness (QED) is 0.251. The molecule has 0 bridgehead atoms. The van der Waals surface area contributed by atoms with Crippen molar-refractivity contribution in [3.05, 3.63) is 132 Å². The molecule has 10 nitrogen and oxygen atoms in total. The van der Waals surface area contributed by atoms with Crippen molar-refractivity contribution in [1.82, 2.24) is 9.97 Å². The summed E-state index contributed by atoms with van der Waals surface area (Å²) in [6.07, 6.45) is 5.53. The molecule has 0 aliphatic heterocycles. The van der Waals surface area contributed by atoms with Crippen molar-refractivity contribution in [3.8, 4) is 0 Å². The lowest BCUT2D eigenvalue weighted by Gasteiger charge is -2.08. The minimum Gasteiger partial charge on any atom is -0.397 e. The molecule has 0 spiro atoms. The minimum atomic E-state index is -0.585. The first-order valence-corrected chi connectivity index (χ1v) is 10.4. The second-order valence-corrected chi connectivity index (χ2v) is 7.53. The Bertz CT molecular complexity index is 1150. The number of nitrogens with zero attached hydrogens (tertiary/aromatic N) is 4. The zero-order valence-electron chi connectivity index (χ0n) is 17.7. The van der Waals surface area contributed by atoms with Crippen LogP contribution in [0.4, 0.5) is 5.69 Å². The van der Waals surface area contributed by atoms with E-state index in [1.54, 1.807) is 30.5 Å². The molecule has 0 atom stereocenters. The van der Waals surface area contributed by atoms with Gasteiger partial charge in [0, 0.05) is 30.9 Å². The van der Waals surface area contributed by atoms with Gasteiger partial charge in [-0.3, -0.25) is 20.2 Å². The van der Waals surface area contributed by atoms with Gasteiger partial charge in [0.05, 0.1) is 21.2 Å². The number of para-hydroxylation sites is 1. The minimum absolute atomic E-state index is 0.180. The fourth-order valence-electron chi connectivity index (χ4n) is 2.61. The molecule has 0 saturated heterocycles. The lowest BCUT2D eigenvalue weighted by Crippen LogP contribution is -2.06. The summed E-state index contributed by atoms with van der Waals surface area (Å²) in [6.45, 7) is 0. The van der Waals surface area contributed by atoms with Crippen LogP contribution in [0.3, 0.4) is 0 Å². The molecule has 3 N–H and O–H groups in total. The number of anilines is 1. The van der Waals surface area contributed by atoms with E-state index in [1.165, 1.54) is 6.20 Å². The standard InChI is InChI=1S/C14H12ClN3O2.C8H8ClN3O2/c15-14-7-6-11(9-16-14)8-13(10-18(19)20)17-12-4-2-1-3-5-12;9-8-2-1-6(4-11-8)3-7(10)5-12(13)14/h1-7,9-10,17H,8H2;1-2,4-5H,3,10H2/b13-10+;7-5+. The van der Waals surface area contributed by atoms with Gasteiger partial charge in [-0.2, -0.15) is 0 Å². The van der Waals surface area contributed by atoms with E-state index in [4.69, 9.17) is 28.9 Å². The molecular weight excluding hydrogens is 483 g/mol. The van der Waals surface area contributed by atoms with Crippen LogP contribution in [0.1, 0.15) is 11.1 Å². The summed E-state index contributed by atoms with van der Waals surface area (Å²) in [7, 11) is 0. The van der Waals surface area contributed by atoms with Crippen LogP contribution >= 0.6 is 23.2 Å². The number of nitrogens with two attached hydrogens (primary N) is 1. The molecule has 12 heteroatoms. The van der Waals surface area contributed by atoms with Gasteiger partial charge in [-0.1, -0.05) is 53.5 Å². The maximum atomic E-state index is 10.7. The highest BCUT2D eigenvalue weighted by Gasteiger charge is 2.06. The number of nitro groups is 2. The third-order valence-electron chi connectivity index (χ3n) is 3.99. The van der Waals surface area contributed by atoms with Crippen LogP contribution in [0.2, 0.25) is 10.3 Å². The summed E-state index contributed by atoms with van der Waals surface area (Å²) in [5.41, 5.74) is 8.48. The number of pyridine rings is 2. The molecule has 0 amide bonds. The molecule has 3 rings (SSSR count). The van der Waals surface area contributed by atoms with Crippen LogP contribution in [0.25, 0.3) is 0 Å². The second-order valence-electron chi connectivity index (χ2n) is 6.75. The Hall–Kier alpha value is -4.02. The third-order valence-corrected chi connectivity index (χ3v) is 4.44. The zero-order chi connectivity index (χ0) is 24.9. The van der Waals surface area contributed by atoms with Crippen LogP contribution in [0.5, 0.6) is 0 Å². The van der Waals surface area contributed by atoms with E-state index in [9.17, 15) is 20.2 Å². The fourth-order valence-corrected chi connectivity index (χ4v) is 2.84. The summed E-state index contributed by atoms with van der Waals surface area (Å²) in [6, 6.07) is 16.0. The van der Waals surface area contributed by atoms with Gasteiger partial charge in [0.2, 0.25) is 0 Å². The molecule has 2 aromatic heterocycles. The van der Waals surface area contributed by atoms with E-state index in [2.05, 4.69) is 15.3 Å². The number of halogens is 2. The molecule has 2 heterocycles. The summed E-state index contributed by atoms with van der Waals surface area (Å²) in [5, 5.41) is 24.6. The lowest BCUT2D eigenvalue weighted by atomic mass is 10.1. The summed E-state index contributed by atoms with van der Waals surface area (Å²) < 4.78 is 0. The van der Waals surface area contributed by atoms with Gasteiger partial charge in [-0.15, -0.1) is 0 Å². The molecule has 0 unspecified atom stereocenters. The van der Waals surface area contributed by atoms with Crippen molar-refractivity contribution in [3.63, 3.8) is 0 Å². The molecule has 176 valence electrons. The highest BCUT2D eigenvalue weighted by Crippen LogP contribution is 2.14. The first-order chi connectivity index (χ1) is 16.2. The zero-order valence-corrected chi connectivity index (χ0v) is 19.2. The van der Waals surface area contributed by atoms with Crippen LogP contribution in [-0.2, 0) is 12.8 Å². The molecule has 1 aromatic carbocycles. The first-order valence-electron chi connectivity index (χ1n) is 9.68. The number of aromatic nitrogens is 2. The number of allylic oxidation sites excluding steroid dienone is 2. The molecular formula is C22H20Cl2N6O4. The van der Waals surface area contributed by atoms with Crippen LogP contribution in [-0.4, -0.2) is 19.8 Å². The fraction of sp³-hybridized carbons (Fsp3) is 0.0909. The van der Waals surface area contributed by atoms with Gasteiger partial charge in [0.15, 0.2) is 0 Å². The molecule has 0 radical (unpaired) electrons. The molecule has 0 aliphatic rings. The molecule has 0 saturated carbocycles. The SMILES string of the molecule is N/C(=C/[N+](=O)[O-])Cc1ccc(Cl)nc1.O=[N+]([O-])/C=C(\Cc1ccc(Cl)nc1)Nc1ccccc1. The number of hydrogen-bond donors (Lipinski definition) is 2. The molecule has 3 aromatic rings. The van der Waals surface area contributed by atoms with E-state index >= 15 is 0 Å². The van der Waals surface area contributed by atoms with E-state index in [1.807, 2.05) is 30.3 Å². The Morgan fingerprint density at radius 3 is 1.85 bits per heavy atom. The van der Waals surface area contributed by atoms with E-state index in [-0.39, 0.29) is 5.70 Å². The first kappa shape index (κ1) is 26.2. The van der Waals surface area contributed by atoms with Gasteiger partial charge in [-0.05, 0) is 35.4 Å². The van der Waals surface area contributed by atoms with Crippen LogP contribution in [0, 0.1) is 20.2 Å². The Morgan fingerprint density at radius 2 is 1.38 bits per heavy atom. The third kappa shape index (κ3) is 10.5. The Morgan fingerprint density at radius 1 is 0.853 bits per heavy atom. The van der Waals surface area contributed by atoms with Gasteiger partial charge in [0.25, 0.3) is 12.4 Å². The highest BCUT2D eigenvalue weighted by molar-refractivity contribution is 6.29. The van der Waals surface area contributed by atoms with Crippen molar-refractivity contribution in [2.75, 3.05) is 5.32 Å². The summed E-state index contributed by atoms with van der Waals surface area (Å²) in [5.74, 6) is 0. The smallest absolute Gasteiger partial charge is 0.253 e. The van der Waals surface area contributed by atoms with Gasteiger partial charge >= 0.3 is 0 Å².